The molecule has 0 aliphatic rings. The highest BCUT2D eigenvalue weighted by molar-refractivity contribution is 7.91. The molecule has 0 spiro atoms. The summed E-state index contributed by atoms with van der Waals surface area (Å²) in [6.07, 6.45) is -0.177. The van der Waals surface area contributed by atoms with Crippen LogP contribution in [0.25, 0.3) is 0 Å². The van der Waals surface area contributed by atoms with Gasteiger partial charge in [0, 0.05) is 0 Å². The van der Waals surface area contributed by atoms with Crippen LogP contribution in [0.3, 0.4) is 0 Å². The van der Waals surface area contributed by atoms with Crippen molar-refractivity contribution in [3.05, 3.63) is 59.2 Å². The third kappa shape index (κ3) is 4.66. The quantitative estimate of drug-likeness (QED) is 0.622. The molecule has 5 heteroatoms. The molecule has 0 aromatic heterocycles. The number of esters is 1. The molecule has 0 heterocycles. The second-order valence-corrected chi connectivity index (χ2v) is 7.71. The van der Waals surface area contributed by atoms with Gasteiger partial charge in [0.15, 0.2) is 9.84 Å². The van der Waals surface area contributed by atoms with Gasteiger partial charge in [0.1, 0.15) is 5.75 Å². The van der Waals surface area contributed by atoms with Gasteiger partial charge in [-0.25, -0.2) is 8.42 Å². The largest absolute Gasteiger partial charge is 0.426 e. The summed E-state index contributed by atoms with van der Waals surface area (Å²) in [6.45, 7) is 5.78. The Hall–Kier alpha value is -2.14. The lowest BCUT2D eigenvalue weighted by molar-refractivity contribution is -0.133. The Morgan fingerprint density at radius 2 is 1.61 bits per heavy atom. The van der Waals surface area contributed by atoms with Gasteiger partial charge in [-0.15, -0.1) is 0 Å². The van der Waals surface area contributed by atoms with Gasteiger partial charge in [0.2, 0.25) is 0 Å². The van der Waals surface area contributed by atoms with E-state index in [1.54, 1.807) is 36.4 Å². The molecule has 0 unspecified atom stereocenters. The van der Waals surface area contributed by atoms with Crippen molar-refractivity contribution in [2.75, 3.05) is 5.75 Å². The van der Waals surface area contributed by atoms with Crippen LogP contribution in [0.2, 0.25) is 0 Å². The molecule has 0 N–H and O–H groups in total. The molecule has 0 aliphatic heterocycles. The summed E-state index contributed by atoms with van der Waals surface area (Å²) in [5.41, 5.74) is 3.10. The maximum Gasteiger partial charge on any atom is 0.312 e. The highest BCUT2D eigenvalue weighted by Gasteiger charge is 2.17. The molecule has 23 heavy (non-hydrogen) atoms. The first kappa shape index (κ1) is 17.2. The molecular formula is C18H20O4S. The molecule has 0 amide bonds. The van der Waals surface area contributed by atoms with Crippen molar-refractivity contribution in [3.63, 3.8) is 0 Å². The molecule has 122 valence electrons. The van der Waals surface area contributed by atoms with Crippen LogP contribution in [-0.2, 0) is 14.6 Å². The van der Waals surface area contributed by atoms with Gasteiger partial charge in [-0.1, -0.05) is 23.8 Å². The highest BCUT2D eigenvalue weighted by atomic mass is 32.2. The number of hydrogen-bond acceptors (Lipinski definition) is 4. The van der Waals surface area contributed by atoms with Crippen LogP contribution in [0.1, 0.15) is 23.1 Å². The molecule has 2 aromatic rings. The lowest BCUT2D eigenvalue weighted by atomic mass is 10.1. The topological polar surface area (TPSA) is 60.4 Å². The summed E-state index contributed by atoms with van der Waals surface area (Å²) in [7, 11) is -3.48. The SMILES string of the molecule is Cc1ccc(S(=O)(=O)CCC(=O)Oc2ccc(C)c(C)c2)cc1. The summed E-state index contributed by atoms with van der Waals surface area (Å²) in [5.74, 6) is -0.380. The van der Waals surface area contributed by atoms with Crippen LogP contribution in [0.5, 0.6) is 5.75 Å². The Labute approximate surface area is 137 Å². The van der Waals surface area contributed by atoms with E-state index in [9.17, 15) is 13.2 Å². The van der Waals surface area contributed by atoms with Crippen molar-refractivity contribution in [1.29, 1.82) is 0 Å². The van der Waals surface area contributed by atoms with E-state index in [0.717, 1.165) is 16.7 Å². The number of aryl methyl sites for hydroxylation is 3. The first-order valence-corrected chi connectivity index (χ1v) is 9.00. The number of hydrogen-bond donors (Lipinski definition) is 0. The maximum atomic E-state index is 12.2. The predicted octanol–water partition coefficient (Wildman–Crippen LogP) is 3.38. The molecule has 2 aromatic carbocycles. The monoisotopic (exact) mass is 332 g/mol. The van der Waals surface area contributed by atoms with Crippen molar-refractivity contribution in [2.24, 2.45) is 0 Å². The zero-order valence-electron chi connectivity index (χ0n) is 13.5. The average Bonchev–Trinajstić information content (AvgIpc) is 2.50. The van der Waals surface area contributed by atoms with Crippen molar-refractivity contribution >= 4 is 15.8 Å². The van der Waals surface area contributed by atoms with E-state index in [1.165, 1.54) is 0 Å². The fraction of sp³-hybridized carbons (Fsp3) is 0.278. The third-order valence-corrected chi connectivity index (χ3v) is 5.40. The van der Waals surface area contributed by atoms with Gasteiger partial charge in [0.05, 0.1) is 17.1 Å². The number of ether oxygens (including phenoxy) is 1. The van der Waals surface area contributed by atoms with E-state index in [-0.39, 0.29) is 17.1 Å². The number of carbonyl (C=O) groups excluding carboxylic acids is 1. The van der Waals surface area contributed by atoms with Crippen molar-refractivity contribution < 1.29 is 17.9 Å². The van der Waals surface area contributed by atoms with Gasteiger partial charge in [-0.05, 0) is 56.2 Å². The van der Waals surface area contributed by atoms with Gasteiger partial charge in [0.25, 0.3) is 0 Å². The Bertz CT molecular complexity index is 805. The fourth-order valence-electron chi connectivity index (χ4n) is 2.04. The summed E-state index contributed by atoms with van der Waals surface area (Å²) >= 11 is 0. The number of sulfone groups is 1. The lowest BCUT2D eigenvalue weighted by Crippen LogP contribution is -2.15. The van der Waals surface area contributed by atoms with Crippen LogP contribution in [0.15, 0.2) is 47.4 Å². The molecule has 0 atom stereocenters. The number of rotatable bonds is 5. The molecule has 4 nitrogen and oxygen atoms in total. The van der Waals surface area contributed by atoms with E-state index in [1.807, 2.05) is 26.8 Å². The van der Waals surface area contributed by atoms with Gasteiger partial charge >= 0.3 is 5.97 Å². The second kappa shape index (κ2) is 6.96. The van der Waals surface area contributed by atoms with Crippen LogP contribution in [0.4, 0.5) is 0 Å². The maximum absolute atomic E-state index is 12.2. The molecular weight excluding hydrogens is 312 g/mol. The zero-order valence-corrected chi connectivity index (χ0v) is 14.3. The van der Waals surface area contributed by atoms with E-state index >= 15 is 0 Å². The van der Waals surface area contributed by atoms with Crippen LogP contribution < -0.4 is 4.74 Å². The average molecular weight is 332 g/mol. The summed E-state index contributed by atoms with van der Waals surface area (Å²) in [5, 5.41) is 0. The van der Waals surface area contributed by atoms with Crippen LogP contribution in [0, 0.1) is 20.8 Å². The second-order valence-electron chi connectivity index (χ2n) is 5.60. The fourth-order valence-corrected chi connectivity index (χ4v) is 3.26. The lowest BCUT2D eigenvalue weighted by Gasteiger charge is -2.07. The summed E-state index contributed by atoms with van der Waals surface area (Å²) in [4.78, 5) is 12.1. The summed E-state index contributed by atoms with van der Waals surface area (Å²) < 4.78 is 29.6. The zero-order chi connectivity index (χ0) is 17.0. The Kier molecular flexibility index (Phi) is 5.21. The minimum atomic E-state index is -3.48. The first-order chi connectivity index (χ1) is 10.8. The number of carbonyl (C=O) groups is 1. The molecule has 0 saturated carbocycles. The molecule has 0 aliphatic carbocycles. The van der Waals surface area contributed by atoms with E-state index in [0.29, 0.717) is 5.75 Å². The van der Waals surface area contributed by atoms with Crippen LogP contribution >= 0.6 is 0 Å². The van der Waals surface area contributed by atoms with Crippen LogP contribution in [-0.4, -0.2) is 20.1 Å². The molecule has 2 rings (SSSR count). The van der Waals surface area contributed by atoms with Gasteiger partial charge in [-0.3, -0.25) is 4.79 Å². The highest BCUT2D eigenvalue weighted by Crippen LogP contribution is 2.18. The third-order valence-electron chi connectivity index (χ3n) is 3.67. The van der Waals surface area contributed by atoms with E-state index in [4.69, 9.17) is 4.74 Å². The Morgan fingerprint density at radius 3 is 2.22 bits per heavy atom. The van der Waals surface area contributed by atoms with Gasteiger partial charge < -0.3 is 4.74 Å². The molecule has 0 bridgehead atoms. The number of benzene rings is 2. The minimum Gasteiger partial charge on any atom is -0.426 e. The molecule has 0 saturated heterocycles. The van der Waals surface area contributed by atoms with Crippen molar-refractivity contribution in [2.45, 2.75) is 32.1 Å². The molecule has 0 radical (unpaired) electrons. The van der Waals surface area contributed by atoms with Crippen molar-refractivity contribution in [3.8, 4) is 5.75 Å². The molecule has 0 fully saturated rings. The summed E-state index contributed by atoms with van der Waals surface area (Å²) in [6, 6.07) is 11.9. The smallest absolute Gasteiger partial charge is 0.312 e. The first-order valence-electron chi connectivity index (χ1n) is 7.35. The van der Waals surface area contributed by atoms with E-state index < -0.39 is 15.8 Å². The predicted molar refractivity (Wildman–Crippen MR) is 89.4 cm³/mol. The van der Waals surface area contributed by atoms with E-state index in [2.05, 4.69) is 0 Å². The van der Waals surface area contributed by atoms with Gasteiger partial charge in [-0.2, -0.15) is 0 Å². The Balaban J connectivity index is 1.98. The standard InChI is InChI=1S/C18H20O4S/c1-13-4-8-17(9-5-13)23(20,21)11-10-18(19)22-16-7-6-14(2)15(3)12-16/h4-9,12H,10-11H2,1-3H3. The Morgan fingerprint density at radius 1 is 0.957 bits per heavy atom. The normalized spacial score (nSPS) is 11.3. The van der Waals surface area contributed by atoms with Crippen molar-refractivity contribution in [1.82, 2.24) is 0 Å². The minimum absolute atomic E-state index is 0.177.